The fraction of sp³-hybridized carbons (Fsp3) is 0.444. The van der Waals surface area contributed by atoms with Gasteiger partial charge in [0.1, 0.15) is 4.75 Å². The minimum Gasteiger partial charge on any atom is -0.598 e. The highest BCUT2D eigenvalue weighted by molar-refractivity contribution is 7.90. The van der Waals surface area contributed by atoms with Gasteiger partial charge in [-0.25, -0.2) is 4.79 Å². The topological polar surface area (TPSA) is 109 Å². The fourth-order valence-corrected chi connectivity index (χ4v) is 5.74. The van der Waals surface area contributed by atoms with Crippen LogP contribution in [0, 0.1) is 17.0 Å². The molecular weight excluding hydrogens is 478 g/mol. The van der Waals surface area contributed by atoms with Gasteiger partial charge >= 0.3 is 5.97 Å². The largest absolute Gasteiger partial charge is 0.598 e. The molecule has 1 aliphatic heterocycles. The third-order valence-electron chi connectivity index (χ3n) is 6.82. The van der Waals surface area contributed by atoms with Crippen molar-refractivity contribution in [2.24, 2.45) is 0 Å². The molecule has 0 aliphatic carbocycles. The van der Waals surface area contributed by atoms with E-state index in [2.05, 4.69) is 4.72 Å². The Labute approximate surface area is 214 Å². The van der Waals surface area contributed by atoms with Crippen molar-refractivity contribution < 1.29 is 19.0 Å². The highest BCUT2D eigenvalue weighted by atomic mass is 32.2. The van der Waals surface area contributed by atoms with Gasteiger partial charge in [-0.2, -0.15) is 0 Å². The lowest BCUT2D eigenvalue weighted by molar-refractivity contribution is -0.585. The Hall–Kier alpha value is -2.88. The van der Waals surface area contributed by atoms with Crippen LogP contribution in [0.4, 0.5) is 0 Å². The van der Waals surface area contributed by atoms with Crippen molar-refractivity contribution >= 4 is 28.2 Å². The van der Waals surface area contributed by atoms with Gasteiger partial charge < -0.3 is 13.9 Å². The van der Waals surface area contributed by atoms with E-state index >= 15 is 0 Å². The summed E-state index contributed by atoms with van der Waals surface area (Å²) in [5.41, 5.74) is 2.70. The van der Waals surface area contributed by atoms with Crippen LogP contribution in [0.2, 0.25) is 0 Å². The third kappa shape index (κ3) is 4.63. The summed E-state index contributed by atoms with van der Waals surface area (Å²) in [4.78, 5) is 25.6. The lowest BCUT2D eigenvalue weighted by atomic mass is 9.82. The van der Waals surface area contributed by atoms with Crippen LogP contribution >= 0.6 is 0 Å². The van der Waals surface area contributed by atoms with E-state index < -0.39 is 33.7 Å². The number of nitrogens with zero attached hydrogens (tertiary/aromatic N) is 2. The molecule has 9 heteroatoms. The van der Waals surface area contributed by atoms with Crippen LogP contribution in [0.25, 0.3) is 10.9 Å². The molecule has 1 unspecified atom stereocenters. The zero-order valence-corrected chi connectivity index (χ0v) is 22.2. The Kier molecular flexibility index (Phi) is 7.19. The Morgan fingerprint density at radius 1 is 1.25 bits per heavy atom. The number of rotatable bonds is 7. The molecule has 4 rings (SSSR count). The summed E-state index contributed by atoms with van der Waals surface area (Å²) < 4.78 is 22.9. The first kappa shape index (κ1) is 26.2. The molecule has 0 fully saturated rings. The Balaban J connectivity index is 1.93. The lowest BCUT2D eigenvalue weighted by Crippen LogP contribution is -2.45. The maximum Gasteiger partial charge on any atom is 0.332 e. The van der Waals surface area contributed by atoms with Gasteiger partial charge in [0, 0.05) is 50.4 Å². The molecule has 2 aromatic carbocycles. The molecule has 1 aliphatic rings. The van der Waals surface area contributed by atoms with Gasteiger partial charge in [0.2, 0.25) is 0 Å². The van der Waals surface area contributed by atoms with Gasteiger partial charge in [0.15, 0.2) is 6.04 Å². The van der Waals surface area contributed by atoms with Crippen LogP contribution in [0.15, 0.2) is 48.5 Å². The zero-order chi connectivity index (χ0) is 26.3. The van der Waals surface area contributed by atoms with Crippen molar-refractivity contribution in [3.05, 3.63) is 81.0 Å². The summed E-state index contributed by atoms with van der Waals surface area (Å²) in [6, 6.07) is 14.0. The summed E-state index contributed by atoms with van der Waals surface area (Å²) in [6.45, 7) is 9.52. The van der Waals surface area contributed by atoms with E-state index in [-0.39, 0.29) is 24.5 Å². The average Bonchev–Trinajstić information content (AvgIpc) is 3.14. The van der Waals surface area contributed by atoms with Crippen LogP contribution in [-0.4, -0.2) is 31.4 Å². The summed E-state index contributed by atoms with van der Waals surface area (Å²) in [6.07, 6.45) is 0.670. The van der Waals surface area contributed by atoms with E-state index in [1.165, 1.54) is 0 Å². The van der Waals surface area contributed by atoms with E-state index in [1.807, 2.05) is 68.7 Å². The van der Waals surface area contributed by atoms with E-state index in [1.54, 1.807) is 19.1 Å². The summed E-state index contributed by atoms with van der Waals surface area (Å²) in [7, 11) is 0. The molecule has 1 aromatic heterocycles. The second-order valence-electron chi connectivity index (χ2n) is 10.3. The van der Waals surface area contributed by atoms with Gasteiger partial charge in [0.25, 0.3) is 5.54 Å². The number of benzene rings is 2. The molecule has 0 saturated carbocycles. The smallest absolute Gasteiger partial charge is 0.332 e. The summed E-state index contributed by atoms with van der Waals surface area (Å²) in [5, 5.41) is 13.3. The van der Waals surface area contributed by atoms with Gasteiger partial charge in [-0.05, 0) is 53.2 Å². The van der Waals surface area contributed by atoms with Crippen LogP contribution < -0.4 is 4.72 Å². The van der Waals surface area contributed by atoms with Gasteiger partial charge in [-0.15, -0.1) is 4.72 Å². The minimum atomic E-state index is -1.55. The predicted octanol–water partition coefficient (Wildman–Crippen LogP) is 4.72. The number of esters is 1. The monoisotopic (exact) mass is 511 g/mol. The minimum absolute atomic E-state index is 0.136. The molecule has 2 heterocycles. The van der Waals surface area contributed by atoms with Gasteiger partial charge in [-0.1, -0.05) is 42.0 Å². The predicted molar refractivity (Wildman–Crippen MR) is 141 cm³/mol. The Morgan fingerprint density at radius 2 is 1.94 bits per heavy atom. The number of nitro groups is 1. The van der Waals surface area contributed by atoms with Crippen molar-refractivity contribution in [3.63, 3.8) is 0 Å². The molecule has 0 radical (unpaired) electrons. The van der Waals surface area contributed by atoms with E-state index in [4.69, 9.17) is 4.74 Å². The van der Waals surface area contributed by atoms with Crippen molar-refractivity contribution in [1.82, 2.24) is 9.29 Å². The molecule has 0 saturated heterocycles. The van der Waals surface area contributed by atoms with Gasteiger partial charge in [-0.3, -0.25) is 10.1 Å². The lowest BCUT2D eigenvalue weighted by Gasteiger charge is -2.33. The molecule has 0 spiro atoms. The second kappa shape index (κ2) is 9.88. The molecular formula is C27H33N3O5S. The van der Waals surface area contributed by atoms with Crippen molar-refractivity contribution in [2.75, 3.05) is 6.61 Å². The number of fused-ring (bicyclic) bond motifs is 3. The highest BCUT2D eigenvalue weighted by Crippen LogP contribution is 2.43. The SMILES string of the molecule is CCOC(=O)C(N[S@+]([O-])C(C)(C)C)c1c2n(c3ccc(C)cc13)C[C@](c1ccccc1)([N+](=O)[O-])CC2. The number of aromatic nitrogens is 1. The second-order valence-corrected chi connectivity index (χ2v) is 12.3. The molecule has 192 valence electrons. The van der Waals surface area contributed by atoms with Crippen molar-refractivity contribution in [2.45, 2.75) is 70.3 Å². The maximum atomic E-state index is 13.2. The number of carbonyl (C=O) groups is 1. The first-order chi connectivity index (χ1) is 17.0. The molecule has 8 nitrogen and oxygen atoms in total. The van der Waals surface area contributed by atoms with Crippen LogP contribution in [-0.2, 0) is 39.4 Å². The van der Waals surface area contributed by atoms with Crippen molar-refractivity contribution in [3.8, 4) is 0 Å². The average molecular weight is 512 g/mol. The normalized spacial score (nSPS) is 19.5. The standard InChI is InChI=1S/C27H33N3O5S/c1-6-35-25(31)24(28-36(34)26(3,4)5)23-20-16-18(2)12-13-21(20)29-17-27(30(32)33,15-14-22(23)29)19-10-8-7-9-11-19/h7-13,16,24,28H,6,14-15,17H2,1-5H3/t24?,27-,36-/m1/s1. The summed E-state index contributed by atoms with van der Waals surface area (Å²) in [5.74, 6) is -0.513. The Bertz CT molecular complexity index is 1280. The van der Waals surface area contributed by atoms with Crippen molar-refractivity contribution in [1.29, 1.82) is 0 Å². The first-order valence-electron chi connectivity index (χ1n) is 12.2. The van der Waals surface area contributed by atoms with Crippen LogP contribution in [0.3, 0.4) is 0 Å². The fourth-order valence-electron chi connectivity index (χ4n) is 4.96. The van der Waals surface area contributed by atoms with Crippen LogP contribution in [0.5, 0.6) is 0 Å². The summed E-state index contributed by atoms with van der Waals surface area (Å²) >= 11 is -1.55. The number of aryl methyl sites for hydroxylation is 1. The van der Waals surface area contributed by atoms with E-state index in [0.29, 0.717) is 17.5 Å². The quantitative estimate of drug-likeness (QED) is 0.213. The molecule has 3 atom stereocenters. The highest BCUT2D eigenvalue weighted by Gasteiger charge is 2.49. The third-order valence-corrected chi connectivity index (χ3v) is 8.38. The first-order valence-corrected chi connectivity index (χ1v) is 13.3. The molecule has 3 aromatic rings. The maximum absolute atomic E-state index is 13.2. The molecule has 36 heavy (non-hydrogen) atoms. The van der Waals surface area contributed by atoms with Gasteiger partial charge in [0.05, 0.1) is 13.2 Å². The number of carbonyl (C=O) groups excluding carboxylic acids is 1. The zero-order valence-electron chi connectivity index (χ0n) is 21.4. The van der Waals surface area contributed by atoms with Crippen LogP contribution in [0.1, 0.15) is 62.5 Å². The number of hydrogen-bond acceptors (Lipinski definition) is 6. The number of hydrogen-bond donors (Lipinski definition) is 1. The van der Waals surface area contributed by atoms with E-state index in [0.717, 1.165) is 22.2 Å². The number of ether oxygens (including phenoxy) is 1. The molecule has 0 bridgehead atoms. The molecule has 1 N–H and O–H groups in total. The van der Waals surface area contributed by atoms with E-state index in [9.17, 15) is 19.5 Å². The number of nitrogens with one attached hydrogen (secondary N) is 1. The Morgan fingerprint density at radius 3 is 2.56 bits per heavy atom. The molecule has 0 amide bonds.